The predicted molar refractivity (Wildman–Crippen MR) is 83.5 cm³/mol. The molecule has 0 unspecified atom stereocenters. The molecule has 0 aromatic heterocycles. The van der Waals surface area contributed by atoms with Crippen molar-refractivity contribution >= 4 is 39.9 Å². The van der Waals surface area contributed by atoms with Crippen LogP contribution in [-0.4, -0.2) is 24.5 Å². The Morgan fingerprint density at radius 2 is 2.00 bits per heavy atom. The normalized spacial score (nSPS) is 17.5. The van der Waals surface area contributed by atoms with Crippen LogP contribution in [0.25, 0.3) is 0 Å². The first-order valence-corrected chi connectivity index (χ1v) is 7.22. The molecule has 1 aromatic carbocycles. The van der Waals surface area contributed by atoms with Gasteiger partial charge in [0.25, 0.3) is 0 Å². The molecule has 1 fully saturated rings. The van der Waals surface area contributed by atoms with E-state index in [2.05, 4.69) is 26.9 Å². The molecule has 0 atom stereocenters. The molecular formula is C13H19BrCl2N2. The minimum atomic E-state index is 0. The Hall–Kier alpha value is 0.200. The fourth-order valence-corrected chi connectivity index (χ4v) is 2.73. The lowest BCUT2D eigenvalue weighted by Gasteiger charge is -2.31. The molecule has 2 rings (SSSR count). The summed E-state index contributed by atoms with van der Waals surface area (Å²) in [5.74, 6) is 0.722. The molecule has 1 aliphatic rings. The van der Waals surface area contributed by atoms with E-state index in [9.17, 15) is 0 Å². The average molecular weight is 354 g/mol. The van der Waals surface area contributed by atoms with Crippen molar-refractivity contribution in [1.82, 2.24) is 4.90 Å². The van der Waals surface area contributed by atoms with Crippen LogP contribution < -0.4 is 5.73 Å². The smallest absolute Gasteiger partial charge is 0.0551 e. The van der Waals surface area contributed by atoms with Crippen LogP contribution in [0.3, 0.4) is 0 Å². The third-order valence-electron chi connectivity index (χ3n) is 3.43. The second kappa shape index (κ2) is 7.71. The molecule has 5 heteroatoms. The van der Waals surface area contributed by atoms with Crippen LogP contribution in [0.4, 0.5) is 0 Å². The summed E-state index contributed by atoms with van der Waals surface area (Å²) < 4.78 is 0.963. The van der Waals surface area contributed by atoms with Crippen molar-refractivity contribution < 1.29 is 0 Å². The first-order chi connectivity index (χ1) is 8.19. The lowest BCUT2D eigenvalue weighted by molar-refractivity contribution is 0.180. The zero-order valence-corrected chi connectivity index (χ0v) is 13.4. The lowest BCUT2D eigenvalue weighted by atomic mass is 9.97. The quantitative estimate of drug-likeness (QED) is 0.897. The second-order valence-corrected chi connectivity index (χ2v) is 5.97. The van der Waals surface area contributed by atoms with Crippen molar-refractivity contribution in [2.45, 2.75) is 19.4 Å². The summed E-state index contributed by atoms with van der Waals surface area (Å²) in [5, 5.41) is 0.791. The van der Waals surface area contributed by atoms with Crippen LogP contribution in [0.1, 0.15) is 18.4 Å². The van der Waals surface area contributed by atoms with E-state index in [4.69, 9.17) is 17.3 Å². The highest BCUT2D eigenvalue weighted by Gasteiger charge is 2.17. The van der Waals surface area contributed by atoms with Gasteiger partial charge in [0.2, 0.25) is 0 Å². The van der Waals surface area contributed by atoms with Crippen LogP contribution in [-0.2, 0) is 6.54 Å². The van der Waals surface area contributed by atoms with Gasteiger partial charge in [-0.3, -0.25) is 4.90 Å². The molecule has 0 amide bonds. The van der Waals surface area contributed by atoms with Crippen molar-refractivity contribution in [3.63, 3.8) is 0 Å². The zero-order chi connectivity index (χ0) is 12.3. The van der Waals surface area contributed by atoms with E-state index in [0.29, 0.717) is 0 Å². The van der Waals surface area contributed by atoms with E-state index in [0.717, 1.165) is 41.6 Å². The molecule has 0 bridgehead atoms. The van der Waals surface area contributed by atoms with Crippen LogP contribution >= 0.6 is 39.9 Å². The molecule has 2 nitrogen and oxygen atoms in total. The number of halogens is 3. The van der Waals surface area contributed by atoms with Gasteiger partial charge < -0.3 is 5.73 Å². The molecular weight excluding hydrogens is 335 g/mol. The number of nitrogens with two attached hydrogens (primary N) is 1. The van der Waals surface area contributed by atoms with E-state index < -0.39 is 0 Å². The number of piperidine rings is 1. The number of likely N-dealkylation sites (tertiary alicyclic amines) is 1. The van der Waals surface area contributed by atoms with Gasteiger partial charge in [0, 0.05) is 11.0 Å². The van der Waals surface area contributed by atoms with Gasteiger partial charge in [-0.25, -0.2) is 0 Å². The second-order valence-electron chi connectivity index (χ2n) is 4.70. The Labute approximate surface area is 128 Å². The fraction of sp³-hybridized carbons (Fsp3) is 0.538. The molecule has 0 saturated carbocycles. The average Bonchev–Trinajstić information content (AvgIpc) is 2.35. The molecule has 18 heavy (non-hydrogen) atoms. The molecule has 0 radical (unpaired) electrons. The summed E-state index contributed by atoms with van der Waals surface area (Å²) in [6, 6.07) is 6.19. The maximum Gasteiger partial charge on any atom is 0.0551 e. The fourth-order valence-electron chi connectivity index (χ4n) is 2.28. The van der Waals surface area contributed by atoms with Crippen molar-refractivity contribution in [3.05, 3.63) is 33.3 Å². The molecule has 1 heterocycles. The van der Waals surface area contributed by atoms with Crippen molar-refractivity contribution in [2.24, 2.45) is 11.7 Å². The largest absolute Gasteiger partial charge is 0.330 e. The molecule has 102 valence electrons. The van der Waals surface area contributed by atoms with Crippen LogP contribution in [0.15, 0.2) is 22.7 Å². The third-order valence-corrected chi connectivity index (χ3v) is 4.66. The molecule has 1 aliphatic heterocycles. The van der Waals surface area contributed by atoms with Gasteiger partial charge in [0.05, 0.1) is 5.02 Å². The van der Waals surface area contributed by atoms with Gasteiger partial charge >= 0.3 is 0 Å². The Bertz CT molecular complexity index is 379. The minimum absolute atomic E-state index is 0. The topological polar surface area (TPSA) is 29.3 Å². The number of hydrogen-bond acceptors (Lipinski definition) is 2. The van der Waals surface area contributed by atoms with E-state index >= 15 is 0 Å². The molecule has 2 N–H and O–H groups in total. The van der Waals surface area contributed by atoms with Gasteiger partial charge in [0.15, 0.2) is 0 Å². The summed E-state index contributed by atoms with van der Waals surface area (Å²) in [5.41, 5.74) is 6.98. The van der Waals surface area contributed by atoms with Gasteiger partial charge in [-0.15, -0.1) is 12.4 Å². The summed E-state index contributed by atoms with van der Waals surface area (Å²) in [6.45, 7) is 4.12. The van der Waals surface area contributed by atoms with Crippen LogP contribution in [0, 0.1) is 5.92 Å². The Balaban J connectivity index is 0.00000162. The van der Waals surface area contributed by atoms with Crippen molar-refractivity contribution in [3.8, 4) is 0 Å². The number of rotatable bonds is 3. The zero-order valence-electron chi connectivity index (χ0n) is 10.2. The summed E-state index contributed by atoms with van der Waals surface area (Å²) in [7, 11) is 0. The maximum absolute atomic E-state index is 6.10. The van der Waals surface area contributed by atoms with Gasteiger partial charge in [-0.1, -0.05) is 17.7 Å². The number of benzene rings is 1. The minimum Gasteiger partial charge on any atom is -0.330 e. The molecule has 0 spiro atoms. The highest BCUT2D eigenvalue weighted by molar-refractivity contribution is 9.10. The third kappa shape index (κ3) is 4.39. The van der Waals surface area contributed by atoms with Crippen molar-refractivity contribution in [2.75, 3.05) is 19.6 Å². The first kappa shape index (κ1) is 16.3. The van der Waals surface area contributed by atoms with Crippen LogP contribution in [0.2, 0.25) is 5.02 Å². The summed E-state index contributed by atoms with van der Waals surface area (Å²) in [6.07, 6.45) is 2.45. The van der Waals surface area contributed by atoms with E-state index in [1.165, 1.54) is 18.4 Å². The Morgan fingerprint density at radius 1 is 1.33 bits per heavy atom. The van der Waals surface area contributed by atoms with Gasteiger partial charge in [-0.05, 0) is 72.0 Å². The Kier molecular flexibility index (Phi) is 6.96. The van der Waals surface area contributed by atoms with Gasteiger partial charge in [0.1, 0.15) is 0 Å². The number of hydrogen-bond donors (Lipinski definition) is 1. The highest BCUT2D eigenvalue weighted by Crippen LogP contribution is 2.25. The summed E-state index contributed by atoms with van der Waals surface area (Å²) in [4.78, 5) is 2.48. The highest BCUT2D eigenvalue weighted by atomic mass is 79.9. The SMILES string of the molecule is Cl.NCC1CCN(Cc2ccc(Br)c(Cl)c2)CC1. The first-order valence-electron chi connectivity index (χ1n) is 6.05. The lowest BCUT2D eigenvalue weighted by Crippen LogP contribution is -2.35. The molecule has 0 aliphatic carbocycles. The maximum atomic E-state index is 6.10. The Morgan fingerprint density at radius 3 is 2.56 bits per heavy atom. The van der Waals surface area contributed by atoms with E-state index in [1.807, 2.05) is 12.1 Å². The monoisotopic (exact) mass is 352 g/mol. The van der Waals surface area contributed by atoms with Gasteiger partial charge in [-0.2, -0.15) is 0 Å². The van der Waals surface area contributed by atoms with E-state index in [1.54, 1.807) is 0 Å². The van der Waals surface area contributed by atoms with E-state index in [-0.39, 0.29) is 12.4 Å². The molecule has 1 saturated heterocycles. The summed E-state index contributed by atoms with van der Waals surface area (Å²) >= 11 is 9.51. The molecule has 1 aromatic rings. The van der Waals surface area contributed by atoms with Crippen molar-refractivity contribution in [1.29, 1.82) is 0 Å². The predicted octanol–water partition coefficient (Wildman–Crippen LogP) is 3.70. The standard InChI is InChI=1S/C13H18BrClN2.ClH/c14-12-2-1-11(7-13(12)15)9-17-5-3-10(8-16)4-6-17;/h1-2,7,10H,3-6,8-9,16H2;1H. The van der Waals surface area contributed by atoms with Crippen LogP contribution in [0.5, 0.6) is 0 Å². The number of nitrogens with zero attached hydrogens (tertiary/aromatic N) is 1.